The molecule has 0 spiro atoms. The number of fused-ring (bicyclic) bond motifs is 2. The molecule has 0 radical (unpaired) electrons. The van der Waals surface area contributed by atoms with Crippen molar-refractivity contribution < 1.29 is 9.90 Å². The third kappa shape index (κ3) is 3.23. The maximum Gasteiger partial charge on any atom is 0.356 e. The Morgan fingerprint density at radius 1 is 1.38 bits per heavy atom. The van der Waals surface area contributed by atoms with Crippen molar-refractivity contribution in [2.24, 2.45) is 0 Å². The van der Waals surface area contributed by atoms with E-state index in [4.69, 9.17) is 0 Å². The summed E-state index contributed by atoms with van der Waals surface area (Å²) in [6.07, 6.45) is 8.76. The summed E-state index contributed by atoms with van der Waals surface area (Å²) in [6.45, 7) is 3.48. The first-order valence-corrected chi connectivity index (χ1v) is 9.54. The summed E-state index contributed by atoms with van der Waals surface area (Å²) in [6, 6.07) is 0.233. The molecule has 2 aromatic rings. The number of rotatable bonds is 6. The number of carboxylic acids is 1. The molecule has 2 heterocycles. The number of nitrogens with zero attached hydrogens (tertiary/aromatic N) is 4. The van der Waals surface area contributed by atoms with E-state index in [-0.39, 0.29) is 11.7 Å². The fraction of sp³-hybridized carbons (Fsp3) is 0.579. The standard InChI is InChI=1S/C19H25N5O2/c1-2-8-24-16-7-6-13(9-14(16)18(23-24)19(25)26)20-11-17-21-10-12-4-3-5-15(12)22-17/h10,13,20H,2-9,11H2,1H3,(H,25,26)/t13-/m1/s1. The summed E-state index contributed by atoms with van der Waals surface area (Å²) >= 11 is 0. The Morgan fingerprint density at radius 2 is 2.27 bits per heavy atom. The molecule has 2 aromatic heterocycles. The van der Waals surface area contributed by atoms with Crippen LogP contribution in [0.1, 0.15) is 65.0 Å². The highest BCUT2D eigenvalue weighted by atomic mass is 16.4. The van der Waals surface area contributed by atoms with Crippen LogP contribution in [0.4, 0.5) is 0 Å². The third-order valence-corrected chi connectivity index (χ3v) is 5.40. The van der Waals surface area contributed by atoms with Crippen molar-refractivity contribution in [1.29, 1.82) is 0 Å². The Bertz CT molecular complexity index is 830. The Kier molecular flexibility index (Phi) is 4.72. The first kappa shape index (κ1) is 17.1. The average Bonchev–Trinajstić information content (AvgIpc) is 3.24. The molecule has 0 unspecified atom stereocenters. The van der Waals surface area contributed by atoms with Gasteiger partial charge in [0.15, 0.2) is 5.69 Å². The first-order chi connectivity index (χ1) is 12.7. The van der Waals surface area contributed by atoms with E-state index in [0.29, 0.717) is 13.0 Å². The molecule has 138 valence electrons. The molecule has 0 bridgehead atoms. The largest absolute Gasteiger partial charge is 0.476 e. The first-order valence-electron chi connectivity index (χ1n) is 9.54. The maximum atomic E-state index is 11.6. The highest BCUT2D eigenvalue weighted by molar-refractivity contribution is 5.87. The maximum absolute atomic E-state index is 11.6. The molecular weight excluding hydrogens is 330 g/mol. The minimum Gasteiger partial charge on any atom is -0.476 e. The van der Waals surface area contributed by atoms with E-state index in [1.54, 1.807) is 0 Å². The quantitative estimate of drug-likeness (QED) is 0.822. The van der Waals surface area contributed by atoms with Gasteiger partial charge in [-0.15, -0.1) is 0 Å². The second-order valence-electron chi connectivity index (χ2n) is 7.23. The lowest BCUT2D eigenvalue weighted by molar-refractivity contribution is 0.0688. The van der Waals surface area contributed by atoms with E-state index in [2.05, 4.69) is 27.3 Å². The molecule has 2 aliphatic carbocycles. The van der Waals surface area contributed by atoms with Gasteiger partial charge in [-0.05, 0) is 50.5 Å². The van der Waals surface area contributed by atoms with Crippen LogP contribution in [-0.4, -0.2) is 36.9 Å². The van der Waals surface area contributed by atoms with Gasteiger partial charge in [-0.3, -0.25) is 4.68 Å². The van der Waals surface area contributed by atoms with Crippen molar-refractivity contribution in [3.05, 3.63) is 40.2 Å². The minimum atomic E-state index is -0.932. The summed E-state index contributed by atoms with van der Waals surface area (Å²) in [5.74, 6) is -0.102. The van der Waals surface area contributed by atoms with Crippen molar-refractivity contribution in [2.75, 3.05) is 0 Å². The second-order valence-corrected chi connectivity index (χ2v) is 7.23. The smallest absolute Gasteiger partial charge is 0.356 e. The third-order valence-electron chi connectivity index (χ3n) is 5.40. The molecule has 2 N–H and O–H groups in total. The summed E-state index contributed by atoms with van der Waals surface area (Å²) in [5.41, 5.74) is 4.68. The number of aromatic carboxylic acids is 1. The van der Waals surface area contributed by atoms with E-state index < -0.39 is 5.97 Å². The molecule has 0 aliphatic heterocycles. The van der Waals surface area contributed by atoms with Gasteiger partial charge in [-0.25, -0.2) is 14.8 Å². The lowest BCUT2D eigenvalue weighted by atomic mass is 9.91. The molecule has 0 amide bonds. The molecule has 0 saturated carbocycles. The van der Waals surface area contributed by atoms with Crippen LogP contribution < -0.4 is 5.32 Å². The van der Waals surface area contributed by atoms with Crippen LogP contribution in [0, 0.1) is 0 Å². The van der Waals surface area contributed by atoms with Crippen LogP contribution in [0.2, 0.25) is 0 Å². The summed E-state index contributed by atoms with van der Waals surface area (Å²) < 4.78 is 1.89. The Balaban J connectivity index is 1.45. The van der Waals surface area contributed by atoms with Crippen LogP contribution in [0.5, 0.6) is 0 Å². The van der Waals surface area contributed by atoms with E-state index in [1.807, 2.05) is 10.9 Å². The van der Waals surface area contributed by atoms with Gasteiger partial charge in [0.1, 0.15) is 5.82 Å². The Hall–Kier alpha value is -2.28. The number of carboxylic acid groups (broad SMARTS) is 1. The zero-order valence-electron chi connectivity index (χ0n) is 15.2. The highest BCUT2D eigenvalue weighted by Gasteiger charge is 2.28. The van der Waals surface area contributed by atoms with Gasteiger partial charge in [0.2, 0.25) is 0 Å². The number of hydrogen-bond acceptors (Lipinski definition) is 5. The van der Waals surface area contributed by atoms with Crippen LogP contribution in [0.25, 0.3) is 0 Å². The lowest BCUT2D eigenvalue weighted by Crippen LogP contribution is -2.35. The topological polar surface area (TPSA) is 92.9 Å². The molecule has 1 atom stereocenters. The SMILES string of the molecule is CCCn1nc(C(=O)O)c2c1CC[C@@H](NCc1ncc3c(n1)CCC3)C2. The van der Waals surface area contributed by atoms with Crippen LogP contribution in [-0.2, 0) is 38.8 Å². The van der Waals surface area contributed by atoms with E-state index in [9.17, 15) is 9.90 Å². The van der Waals surface area contributed by atoms with Gasteiger partial charge < -0.3 is 10.4 Å². The normalized spacial score (nSPS) is 18.6. The number of aryl methyl sites for hydroxylation is 3. The fourth-order valence-electron chi connectivity index (χ4n) is 4.11. The molecule has 0 aromatic carbocycles. The predicted octanol–water partition coefficient (Wildman–Crippen LogP) is 1.92. The molecule has 26 heavy (non-hydrogen) atoms. The van der Waals surface area contributed by atoms with Crippen LogP contribution in [0.3, 0.4) is 0 Å². The zero-order chi connectivity index (χ0) is 18.1. The van der Waals surface area contributed by atoms with Crippen molar-refractivity contribution in [3.63, 3.8) is 0 Å². The van der Waals surface area contributed by atoms with Gasteiger partial charge >= 0.3 is 5.97 Å². The number of aromatic nitrogens is 4. The van der Waals surface area contributed by atoms with Crippen molar-refractivity contribution in [1.82, 2.24) is 25.1 Å². The molecule has 4 rings (SSSR count). The second kappa shape index (κ2) is 7.15. The van der Waals surface area contributed by atoms with Crippen molar-refractivity contribution in [3.8, 4) is 0 Å². The monoisotopic (exact) mass is 355 g/mol. The van der Waals surface area contributed by atoms with Gasteiger partial charge in [-0.2, -0.15) is 5.10 Å². The lowest BCUT2D eigenvalue weighted by Gasteiger charge is -2.24. The molecule has 7 nitrogen and oxygen atoms in total. The molecule has 0 saturated heterocycles. The average molecular weight is 355 g/mol. The van der Waals surface area contributed by atoms with Crippen LogP contribution in [0.15, 0.2) is 6.20 Å². The summed E-state index contributed by atoms with van der Waals surface area (Å²) in [5, 5.41) is 17.4. The summed E-state index contributed by atoms with van der Waals surface area (Å²) in [7, 11) is 0. The molecule has 0 fully saturated rings. The van der Waals surface area contributed by atoms with Crippen molar-refractivity contribution >= 4 is 5.97 Å². The van der Waals surface area contributed by atoms with Crippen molar-refractivity contribution in [2.45, 2.75) is 71.0 Å². The molecule has 2 aliphatic rings. The van der Waals surface area contributed by atoms with Gasteiger partial charge in [0.25, 0.3) is 0 Å². The van der Waals surface area contributed by atoms with Gasteiger partial charge in [0, 0.05) is 35.7 Å². The molecule has 7 heteroatoms. The number of nitrogens with one attached hydrogen (secondary N) is 1. The number of hydrogen-bond donors (Lipinski definition) is 2. The van der Waals surface area contributed by atoms with E-state index in [0.717, 1.165) is 55.7 Å². The van der Waals surface area contributed by atoms with E-state index >= 15 is 0 Å². The predicted molar refractivity (Wildman–Crippen MR) is 96.2 cm³/mol. The van der Waals surface area contributed by atoms with E-state index in [1.165, 1.54) is 17.7 Å². The Morgan fingerprint density at radius 3 is 3.08 bits per heavy atom. The number of carbonyl (C=O) groups is 1. The fourth-order valence-corrected chi connectivity index (χ4v) is 4.11. The van der Waals surface area contributed by atoms with Gasteiger partial charge in [-0.1, -0.05) is 6.92 Å². The highest BCUT2D eigenvalue weighted by Crippen LogP contribution is 2.25. The minimum absolute atomic E-state index is 0.216. The Labute approximate surface area is 152 Å². The summed E-state index contributed by atoms with van der Waals surface area (Å²) in [4.78, 5) is 20.7. The van der Waals surface area contributed by atoms with Crippen LogP contribution >= 0.6 is 0 Å². The van der Waals surface area contributed by atoms with Gasteiger partial charge in [0.05, 0.1) is 6.54 Å². The zero-order valence-corrected chi connectivity index (χ0v) is 15.2. The molecular formula is C19H25N5O2.